The van der Waals surface area contributed by atoms with E-state index in [-0.39, 0.29) is 5.43 Å². The molecule has 1 heterocycles. The van der Waals surface area contributed by atoms with Crippen LogP contribution in [-0.4, -0.2) is 12.5 Å². The van der Waals surface area contributed by atoms with E-state index in [9.17, 15) is 4.79 Å². The van der Waals surface area contributed by atoms with Crippen LogP contribution in [0.4, 0.5) is 0 Å². The lowest BCUT2D eigenvalue weighted by Gasteiger charge is -2.07. The van der Waals surface area contributed by atoms with Crippen molar-refractivity contribution in [2.24, 2.45) is 0 Å². The molecular weight excluding hydrogens is 312 g/mol. The first-order valence-electron chi connectivity index (χ1n) is 7.51. The van der Waals surface area contributed by atoms with Gasteiger partial charge in [-0.1, -0.05) is 29.8 Å². The van der Waals surface area contributed by atoms with Crippen molar-refractivity contribution in [3.8, 4) is 17.1 Å². The van der Waals surface area contributed by atoms with E-state index in [0.717, 1.165) is 17.5 Å². The average molecular weight is 329 g/mol. The van der Waals surface area contributed by atoms with Crippen LogP contribution in [0.2, 0.25) is 0 Å². The molecule has 0 saturated heterocycles. The number of fused-ring (bicyclic) bond motifs is 1. The van der Waals surface area contributed by atoms with Crippen molar-refractivity contribution < 1.29 is 9.15 Å². The summed E-state index contributed by atoms with van der Waals surface area (Å²) in [6.45, 7) is 2.56. The van der Waals surface area contributed by atoms with E-state index in [1.54, 1.807) is 18.2 Å². The number of benzene rings is 2. The second-order valence-corrected chi connectivity index (χ2v) is 5.77. The van der Waals surface area contributed by atoms with E-state index < -0.39 is 0 Å². The molecule has 0 aliphatic rings. The van der Waals surface area contributed by atoms with Gasteiger partial charge >= 0.3 is 0 Å². The fourth-order valence-corrected chi connectivity index (χ4v) is 2.44. The fraction of sp³-hybridized carbons (Fsp3) is 0.211. The highest BCUT2D eigenvalue weighted by atomic mass is 35.5. The summed E-state index contributed by atoms with van der Waals surface area (Å²) in [7, 11) is 0. The maximum absolute atomic E-state index is 12.3. The number of hydrogen-bond donors (Lipinski definition) is 0. The third kappa shape index (κ3) is 3.57. The van der Waals surface area contributed by atoms with Crippen LogP contribution in [0.5, 0.6) is 5.75 Å². The molecule has 0 unspecified atom stereocenters. The first kappa shape index (κ1) is 15.6. The SMILES string of the molecule is Cc1ccc(-c2cc(=O)c3ccc(OCCCCl)cc3o2)cc1. The Morgan fingerprint density at radius 2 is 1.87 bits per heavy atom. The maximum atomic E-state index is 12.3. The summed E-state index contributed by atoms with van der Waals surface area (Å²) in [5, 5.41) is 0.547. The van der Waals surface area contributed by atoms with E-state index in [1.807, 2.05) is 31.2 Å². The molecule has 0 saturated carbocycles. The molecule has 3 aromatic rings. The molecule has 0 aliphatic carbocycles. The number of rotatable bonds is 5. The van der Waals surface area contributed by atoms with Gasteiger partial charge in [-0.05, 0) is 25.5 Å². The van der Waals surface area contributed by atoms with Crippen LogP contribution in [0.3, 0.4) is 0 Å². The molecule has 0 atom stereocenters. The van der Waals surface area contributed by atoms with Crippen LogP contribution in [-0.2, 0) is 0 Å². The lowest BCUT2D eigenvalue weighted by molar-refractivity contribution is 0.318. The van der Waals surface area contributed by atoms with E-state index in [0.29, 0.717) is 35.0 Å². The summed E-state index contributed by atoms with van der Waals surface area (Å²) in [5.74, 6) is 1.78. The van der Waals surface area contributed by atoms with Crippen molar-refractivity contribution in [3.05, 3.63) is 64.3 Å². The zero-order valence-corrected chi connectivity index (χ0v) is 13.6. The van der Waals surface area contributed by atoms with Crippen molar-refractivity contribution in [2.45, 2.75) is 13.3 Å². The van der Waals surface area contributed by atoms with Gasteiger partial charge in [-0.15, -0.1) is 11.6 Å². The van der Waals surface area contributed by atoms with Crippen molar-refractivity contribution in [1.29, 1.82) is 0 Å². The molecule has 3 rings (SSSR count). The van der Waals surface area contributed by atoms with Gasteiger partial charge in [-0.25, -0.2) is 0 Å². The highest BCUT2D eigenvalue weighted by Crippen LogP contribution is 2.25. The molecule has 2 aromatic carbocycles. The zero-order chi connectivity index (χ0) is 16.2. The van der Waals surface area contributed by atoms with Gasteiger partial charge in [-0.2, -0.15) is 0 Å². The van der Waals surface area contributed by atoms with Gasteiger partial charge in [0.25, 0.3) is 0 Å². The van der Waals surface area contributed by atoms with Crippen molar-refractivity contribution in [1.82, 2.24) is 0 Å². The molecule has 0 amide bonds. The summed E-state index contributed by atoms with van der Waals surface area (Å²) in [6, 6.07) is 14.7. The third-order valence-corrected chi connectivity index (χ3v) is 3.85. The van der Waals surface area contributed by atoms with Gasteiger partial charge in [0.15, 0.2) is 5.43 Å². The van der Waals surface area contributed by atoms with Crippen LogP contribution >= 0.6 is 11.6 Å². The minimum atomic E-state index is -0.0610. The van der Waals surface area contributed by atoms with Gasteiger partial charge < -0.3 is 9.15 Å². The Hall–Kier alpha value is -2.26. The average Bonchev–Trinajstić information content (AvgIpc) is 2.55. The Morgan fingerprint density at radius 1 is 1.09 bits per heavy atom. The first-order chi connectivity index (χ1) is 11.2. The molecule has 23 heavy (non-hydrogen) atoms. The van der Waals surface area contributed by atoms with E-state index in [2.05, 4.69) is 0 Å². The summed E-state index contributed by atoms with van der Waals surface area (Å²) < 4.78 is 11.5. The van der Waals surface area contributed by atoms with Crippen LogP contribution in [0, 0.1) is 6.92 Å². The molecule has 4 heteroatoms. The van der Waals surface area contributed by atoms with Gasteiger partial charge in [0.2, 0.25) is 0 Å². The molecule has 0 spiro atoms. The highest BCUT2D eigenvalue weighted by Gasteiger charge is 2.08. The molecule has 0 radical (unpaired) electrons. The Kier molecular flexibility index (Phi) is 4.68. The second kappa shape index (κ2) is 6.88. The van der Waals surface area contributed by atoms with Gasteiger partial charge in [0.1, 0.15) is 17.1 Å². The summed E-state index contributed by atoms with van der Waals surface area (Å²) in [5.41, 5.74) is 2.50. The predicted molar refractivity (Wildman–Crippen MR) is 93.5 cm³/mol. The van der Waals surface area contributed by atoms with Crippen LogP contribution in [0.15, 0.2) is 57.7 Å². The molecule has 0 bridgehead atoms. The van der Waals surface area contributed by atoms with E-state index in [1.165, 1.54) is 6.07 Å². The quantitative estimate of drug-likeness (QED) is 0.500. The van der Waals surface area contributed by atoms with Crippen molar-refractivity contribution in [3.63, 3.8) is 0 Å². The summed E-state index contributed by atoms with van der Waals surface area (Å²) in [6.07, 6.45) is 0.771. The molecule has 118 valence electrons. The van der Waals surface area contributed by atoms with E-state index >= 15 is 0 Å². The van der Waals surface area contributed by atoms with Crippen molar-refractivity contribution >= 4 is 22.6 Å². The van der Waals surface area contributed by atoms with Crippen LogP contribution in [0.1, 0.15) is 12.0 Å². The number of halogens is 1. The minimum absolute atomic E-state index is 0.0610. The first-order valence-corrected chi connectivity index (χ1v) is 8.04. The number of ether oxygens (including phenoxy) is 1. The minimum Gasteiger partial charge on any atom is -0.493 e. The zero-order valence-electron chi connectivity index (χ0n) is 12.8. The molecule has 0 aliphatic heterocycles. The Bertz CT molecular complexity index is 866. The smallest absolute Gasteiger partial charge is 0.193 e. The standard InChI is InChI=1S/C19H17ClO3/c1-13-3-5-14(6-4-13)18-12-17(21)16-8-7-15(11-19(16)23-18)22-10-2-9-20/h3-8,11-12H,2,9-10H2,1H3. The van der Waals surface area contributed by atoms with Gasteiger partial charge in [0, 0.05) is 23.6 Å². The second-order valence-electron chi connectivity index (χ2n) is 5.39. The molecule has 1 aromatic heterocycles. The predicted octanol–water partition coefficient (Wildman–Crippen LogP) is 4.78. The summed E-state index contributed by atoms with van der Waals surface area (Å²) >= 11 is 5.64. The fourth-order valence-electron chi connectivity index (χ4n) is 2.33. The van der Waals surface area contributed by atoms with Crippen molar-refractivity contribution in [2.75, 3.05) is 12.5 Å². The monoisotopic (exact) mass is 328 g/mol. The molecule has 0 N–H and O–H groups in total. The Labute approximate surface area is 139 Å². The largest absolute Gasteiger partial charge is 0.493 e. The third-order valence-electron chi connectivity index (χ3n) is 3.58. The Morgan fingerprint density at radius 3 is 2.61 bits per heavy atom. The van der Waals surface area contributed by atoms with E-state index in [4.69, 9.17) is 20.8 Å². The molecule has 0 fully saturated rings. The highest BCUT2D eigenvalue weighted by molar-refractivity contribution is 6.17. The molecule has 3 nitrogen and oxygen atoms in total. The number of alkyl halides is 1. The van der Waals surface area contributed by atoms with Crippen LogP contribution in [0.25, 0.3) is 22.3 Å². The number of aryl methyl sites for hydroxylation is 1. The number of hydrogen-bond acceptors (Lipinski definition) is 3. The topological polar surface area (TPSA) is 39.4 Å². The van der Waals surface area contributed by atoms with Crippen LogP contribution < -0.4 is 10.2 Å². The lowest BCUT2D eigenvalue weighted by Crippen LogP contribution is -2.02. The van der Waals surface area contributed by atoms with Gasteiger partial charge in [0.05, 0.1) is 12.0 Å². The maximum Gasteiger partial charge on any atom is 0.193 e. The van der Waals surface area contributed by atoms with Gasteiger partial charge in [-0.3, -0.25) is 4.79 Å². The summed E-state index contributed by atoms with van der Waals surface area (Å²) in [4.78, 5) is 12.3. The molecular formula is C19H17ClO3. The Balaban J connectivity index is 2.01. The lowest BCUT2D eigenvalue weighted by atomic mass is 10.1. The normalized spacial score (nSPS) is 10.9.